The first-order valence-electron chi connectivity index (χ1n) is 20.6. The van der Waals surface area contributed by atoms with Crippen molar-refractivity contribution in [3.63, 3.8) is 0 Å². The van der Waals surface area contributed by atoms with E-state index in [1.54, 1.807) is 62.9 Å². The summed E-state index contributed by atoms with van der Waals surface area (Å²) in [4.78, 5) is 71.2. The van der Waals surface area contributed by atoms with Gasteiger partial charge in [-0.1, -0.05) is 53.5 Å². The number of nitrogens with one attached hydrogen (secondary N) is 2. The SMILES string of the molecule is CCOC(=O)C1CCC(Nc2ncc3cc(-c4c(Cl)cccc4COC(=O)C4CCC(Nc5ncc6cc(-c7ccccc7Cl)c(=O)n(C)c6n5)CC4)c(=O)n(C)c3n2)CC1. The van der Waals surface area contributed by atoms with Gasteiger partial charge in [0.05, 0.1) is 18.4 Å². The van der Waals surface area contributed by atoms with Crippen LogP contribution in [0, 0.1) is 11.8 Å². The molecule has 14 nitrogen and oxygen atoms in total. The first-order valence-corrected chi connectivity index (χ1v) is 21.4. The minimum absolute atomic E-state index is 0.0261. The van der Waals surface area contributed by atoms with Crippen molar-refractivity contribution in [2.24, 2.45) is 25.9 Å². The molecule has 4 heterocycles. The number of esters is 2. The number of halogens is 2. The van der Waals surface area contributed by atoms with E-state index in [-0.39, 0.29) is 53.6 Å². The Balaban J connectivity index is 0.896. The fraction of sp³-hybridized carbons (Fsp3) is 0.378. The molecule has 0 radical (unpaired) electrons. The molecule has 0 aliphatic heterocycles. The van der Waals surface area contributed by atoms with Gasteiger partial charge in [0, 0.05) is 81.6 Å². The summed E-state index contributed by atoms with van der Waals surface area (Å²) >= 11 is 13.1. The molecule has 0 atom stereocenters. The molecule has 0 bridgehead atoms. The first-order chi connectivity index (χ1) is 29.5. The van der Waals surface area contributed by atoms with Crippen molar-refractivity contribution in [3.05, 3.63) is 103 Å². The second-order valence-corrected chi connectivity index (χ2v) is 16.6. The Labute approximate surface area is 361 Å². The summed E-state index contributed by atoms with van der Waals surface area (Å²) in [5.74, 6) is -0.0370. The van der Waals surface area contributed by atoms with Crippen molar-refractivity contribution < 1.29 is 19.1 Å². The van der Waals surface area contributed by atoms with Crippen LogP contribution in [0.3, 0.4) is 0 Å². The van der Waals surface area contributed by atoms with E-state index in [0.29, 0.717) is 104 Å². The van der Waals surface area contributed by atoms with Gasteiger partial charge in [0.1, 0.15) is 17.9 Å². The van der Waals surface area contributed by atoms with Gasteiger partial charge in [0.15, 0.2) is 0 Å². The molecule has 2 aliphatic rings. The van der Waals surface area contributed by atoms with Gasteiger partial charge in [-0.15, -0.1) is 0 Å². The van der Waals surface area contributed by atoms with Gasteiger partial charge in [-0.25, -0.2) is 9.97 Å². The Kier molecular flexibility index (Phi) is 12.4. The summed E-state index contributed by atoms with van der Waals surface area (Å²) in [6, 6.07) is 16.1. The summed E-state index contributed by atoms with van der Waals surface area (Å²) in [6.07, 6.45) is 8.96. The topological polar surface area (TPSA) is 172 Å². The van der Waals surface area contributed by atoms with E-state index in [2.05, 4.69) is 30.6 Å². The lowest BCUT2D eigenvalue weighted by Crippen LogP contribution is -2.31. The molecule has 2 fully saturated rings. The quantitative estimate of drug-likeness (QED) is 0.121. The number of nitrogens with zero attached hydrogens (tertiary/aromatic N) is 6. The summed E-state index contributed by atoms with van der Waals surface area (Å²) in [6.45, 7) is 2.13. The first kappa shape index (κ1) is 41.9. The second-order valence-electron chi connectivity index (χ2n) is 15.8. The number of fused-ring (bicyclic) bond motifs is 2. The van der Waals surface area contributed by atoms with E-state index in [4.69, 9.17) is 32.7 Å². The predicted molar refractivity (Wildman–Crippen MR) is 236 cm³/mol. The average molecular weight is 866 g/mol. The monoisotopic (exact) mass is 864 g/mol. The molecule has 2 N–H and O–H groups in total. The normalized spacial score (nSPS) is 19.1. The Morgan fingerprint density at radius 2 is 1.18 bits per heavy atom. The molecule has 8 rings (SSSR count). The summed E-state index contributed by atoms with van der Waals surface area (Å²) in [5.41, 5.74) is 2.99. The lowest BCUT2D eigenvalue weighted by atomic mass is 9.86. The lowest BCUT2D eigenvalue weighted by molar-refractivity contribution is -0.151. The van der Waals surface area contributed by atoms with Crippen molar-refractivity contribution in [3.8, 4) is 22.3 Å². The van der Waals surface area contributed by atoms with E-state index < -0.39 is 0 Å². The zero-order chi connectivity index (χ0) is 42.8. The molecule has 4 aromatic heterocycles. The number of anilines is 2. The van der Waals surface area contributed by atoms with Crippen LogP contribution >= 0.6 is 23.2 Å². The molecule has 0 unspecified atom stereocenters. The van der Waals surface area contributed by atoms with E-state index in [1.165, 1.54) is 9.13 Å². The van der Waals surface area contributed by atoms with Gasteiger partial charge in [0.25, 0.3) is 11.1 Å². The maximum atomic E-state index is 13.9. The molecule has 2 aliphatic carbocycles. The average Bonchev–Trinajstić information content (AvgIpc) is 3.26. The molecule has 0 amide bonds. The number of hydrogen-bond acceptors (Lipinski definition) is 12. The Bertz CT molecular complexity index is 2760. The molecule has 16 heteroatoms. The minimum Gasteiger partial charge on any atom is -0.466 e. The van der Waals surface area contributed by atoms with Crippen LogP contribution in [0.2, 0.25) is 10.0 Å². The van der Waals surface area contributed by atoms with E-state index in [1.807, 2.05) is 25.1 Å². The molecule has 2 saturated carbocycles. The van der Waals surface area contributed by atoms with Crippen LogP contribution in [0.25, 0.3) is 44.3 Å². The Morgan fingerprint density at radius 1 is 0.672 bits per heavy atom. The van der Waals surface area contributed by atoms with Crippen molar-refractivity contribution >= 4 is 69.1 Å². The number of benzene rings is 2. The molecule has 6 aromatic rings. The molecule has 0 spiro atoms. The molecular weight excluding hydrogens is 819 g/mol. The van der Waals surface area contributed by atoms with Gasteiger partial charge in [-0.3, -0.25) is 28.3 Å². The maximum absolute atomic E-state index is 13.9. The second kappa shape index (κ2) is 18.0. The maximum Gasteiger partial charge on any atom is 0.309 e. The molecular formula is C45H46Cl2N8O6. The highest BCUT2D eigenvalue weighted by atomic mass is 35.5. The number of aryl methyl sites for hydroxylation is 2. The van der Waals surface area contributed by atoms with Gasteiger partial charge < -0.3 is 20.1 Å². The van der Waals surface area contributed by atoms with Crippen molar-refractivity contribution in [1.29, 1.82) is 0 Å². The van der Waals surface area contributed by atoms with E-state index >= 15 is 0 Å². The number of rotatable bonds is 11. The summed E-state index contributed by atoms with van der Waals surface area (Å²) < 4.78 is 14.1. The minimum atomic E-state index is -0.315. The third-order valence-corrected chi connectivity index (χ3v) is 12.5. The highest BCUT2D eigenvalue weighted by Crippen LogP contribution is 2.34. The zero-order valence-electron chi connectivity index (χ0n) is 34.1. The fourth-order valence-electron chi connectivity index (χ4n) is 8.51. The van der Waals surface area contributed by atoms with Crippen LogP contribution in [0.1, 0.15) is 63.9 Å². The lowest BCUT2D eigenvalue weighted by Gasteiger charge is -2.28. The third kappa shape index (κ3) is 8.83. The third-order valence-electron chi connectivity index (χ3n) is 11.9. The number of aromatic nitrogens is 6. The number of carbonyl (C=O) groups excluding carboxylic acids is 2. The highest BCUT2D eigenvalue weighted by Gasteiger charge is 2.30. The Morgan fingerprint density at radius 3 is 1.74 bits per heavy atom. The summed E-state index contributed by atoms with van der Waals surface area (Å²) in [5, 5.41) is 8.96. The molecule has 61 heavy (non-hydrogen) atoms. The standard InChI is InChI=1S/C45H46Cl2N8O6/c1-4-60-42(58)25-12-16-30(17-13-25)50-45-49-23-29-21-34(41(57)55(3)39(29)53-45)37-27(8-7-11-36(37)47)24-61-43(59)26-14-18-31(19-15-26)51-44-48-22-28-20-33(32-9-5-6-10-35(32)46)40(56)54(2)38(28)52-44/h5-11,20-23,25-26,30-31H,4,12-19,24H2,1-3H3,(H,48,51,52)(H,49,50,53). The smallest absolute Gasteiger partial charge is 0.309 e. The summed E-state index contributed by atoms with van der Waals surface area (Å²) in [7, 11) is 3.34. The number of hydrogen-bond donors (Lipinski definition) is 2. The van der Waals surface area contributed by atoms with Crippen LogP contribution in [-0.4, -0.2) is 59.7 Å². The van der Waals surface area contributed by atoms with Crippen molar-refractivity contribution in [2.75, 3.05) is 17.2 Å². The number of carbonyl (C=O) groups is 2. The number of pyridine rings is 2. The van der Waals surface area contributed by atoms with Crippen LogP contribution in [0.15, 0.2) is 76.6 Å². The zero-order valence-corrected chi connectivity index (χ0v) is 35.6. The predicted octanol–water partition coefficient (Wildman–Crippen LogP) is 7.86. The van der Waals surface area contributed by atoms with Crippen molar-refractivity contribution in [1.82, 2.24) is 29.1 Å². The van der Waals surface area contributed by atoms with Gasteiger partial charge in [-0.05, 0) is 88.1 Å². The highest BCUT2D eigenvalue weighted by molar-refractivity contribution is 6.33. The largest absolute Gasteiger partial charge is 0.466 e. The number of ether oxygens (including phenoxy) is 2. The Hall–Kier alpha value is -5.86. The van der Waals surface area contributed by atoms with E-state index in [0.717, 1.165) is 25.7 Å². The van der Waals surface area contributed by atoms with Gasteiger partial charge in [-0.2, -0.15) is 9.97 Å². The van der Waals surface area contributed by atoms with Crippen molar-refractivity contribution in [2.45, 2.75) is 77.0 Å². The molecule has 316 valence electrons. The molecule has 2 aromatic carbocycles. The van der Waals surface area contributed by atoms with Gasteiger partial charge >= 0.3 is 11.9 Å². The van der Waals surface area contributed by atoms with Crippen LogP contribution < -0.4 is 21.8 Å². The molecule has 0 saturated heterocycles. The van der Waals surface area contributed by atoms with Crippen LogP contribution in [-0.2, 0) is 39.8 Å². The van der Waals surface area contributed by atoms with Gasteiger partial charge in [0.2, 0.25) is 11.9 Å². The fourth-order valence-corrected chi connectivity index (χ4v) is 9.05. The van der Waals surface area contributed by atoms with Crippen LogP contribution in [0.5, 0.6) is 0 Å². The van der Waals surface area contributed by atoms with Crippen LogP contribution in [0.4, 0.5) is 11.9 Å². The van der Waals surface area contributed by atoms with E-state index in [9.17, 15) is 19.2 Å².